The monoisotopic (exact) mass is 265 g/mol. The number of hydrogen-bond donors (Lipinski definition) is 2. The molecule has 0 unspecified atom stereocenters. The quantitative estimate of drug-likeness (QED) is 0.754. The van der Waals surface area contributed by atoms with Crippen molar-refractivity contribution in [3.05, 3.63) is 28.6 Å². The van der Waals surface area contributed by atoms with E-state index in [9.17, 15) is 9.59 Å². The molecule has 0 spiro atoms. The molecular formula is C12H13N2O5+. The number of aromatic amines is 1. The van der Waals surface area contributed by atoms with Crippen LogP contribution in [0.4, 0.5) is 0 Å². The van der Waals surface area contributed by atoms with Gasteiger partial charge in [0.1, 0.15) is 0 Å². The highest BCUT2D eigenvalue weighted by Crippen LogP contribution is 2.31. The Bertz CT molecular complexity index is 692. The molecule has 19 heavy (non-hydrogen) atoms. The largest absolute Gasteiger partial charge is 0.493 e. The van der Waals surface area contributed by atoms with Gasteiger partial charge in [-0.1, -0.05) is 0 Å². The molecule has 2 rings (SSSR count). The number of methoxy groups -OCH3 is 2. The Kier molecular flexibility index (Phi) is 3.37. The van der Waals surface area contributed by atoms with Gasteiger partial charge in [0.15, 0.2) is 17.0 Å². The summed E-state index contributed by atoms with van der Waals surface area (Å²) in [4.78, 5) is 22.6. The molecule has 7 nitrogen and oxygen atoms in total. The van der Waals surface area contributed by atoms with Crippen LogP contribution in [0.3, 0.4) is 0 Å². The molecule has 0 radical (unpaired) electrons. The van der Waals surface area contributed by atoms with Crippen molar-refractivity contribution < 1.29 is 24.1 Å². The number of rotatable bonds is 4. The number of aliphatic carboxylic acids is 1. The van der Waals surface area contributed by atoms with Gasteiger partial charge in [-0.2, -0.15) is 5.10 Å². The van der Waals surface area contributed by atoms with Crippen molar-refractivity contribution in [3.8, 4) is 11.5 Å². The average molecular weight is 265 g/mol. The summed E-state index contributed by atoms with van der Waals surface area (Å²) in [7, 11) is 2.93. The molecule has 1 aromatic carbocycles. The number of carboxylic acids is 1. The highest BCUT2D eigenvalue weighted by atomic mass is 16.5. The van der Waals surface area contributed by atoms with E-state index in [4.69, 9.17) is 14.6 Å². The van der Waals surface area contributed by atoms with Crippen LogP contribution in [0.1, 0.15) is 0 Å². The Morgan fingerprint density at radius 2 is 2.11 bits per heavy atom. The number of hydrogen-bond acceptors (Lipinski definition) is 4. The van der Waals surface area contributed by atoms with Gasteiger partial charge in [-0.3, -0.25) is 4.79 Å². The molecule has 0 amide bonds. The molecule has 0 saturated heterocycles. The second-order valence-corrected chi connectivity index (χ2v) is 3.85. The van der Waals surface area contributed by atoms with Crippen LogP contribution in [0.25, 0.3) is 10.9 Å². The first-order chi connectivity index (χ1) is 9.06. The molecule has 0 aliphatic carbocycles. The first-order valence-electron chi connectivity index (χ1n) is 5.46. The van der Waals surface area contributed by atoms with E-state index >= 15 is 0 Å². The molecule has 0 fully saturated rings. The third kappa shape index (κ3) is 2.35. The third-order valence-electron chi connectivity index (χ3n) is 2.65. The Hall–Kier alpha value is -2.57. The summed E-state index contributed by atoms with van der Waals surface area (Å²) < 4.78 is 11.5. The van der Waals surface area contributed by atoms with Crippen molar-refractivity contribution in [1.82, 2.24) is 5.10 Å². The number of H-pyrrole nitrogens is 1. The van der Waals surface area contributed by atoms with Gasteiger partial charge in [-0.25, -0.2) is 4.79 Å². The number of nitrogens with one attached hydrogen (secondary N) is 1. The van der Waals surface area contributed by atoms with E-state index < -0.39 is 5.97 Å². The minimum Gasteiger partial charge on any atom is -0.493 e. The summed E-state index contributed by atoms with van der Waals surface area (Å²) >= 11 is 0. The Labute approximate surface area is 108 Å². The number of nitrogens with zero attached hydrogens (tertiary/aromatic N) is 1. The van der Waals surface area contributed by atoms with Crippen molar-refractivity contribution in [1.29, 1.82) is 0 Å². The van der Waals surface area contributed by atoms with Crippen molar-refractivity contribution >= 4 is 16.9 Å². The van der Waals surface area contributed by atoms with Crippen LogP contribution in [-0.2, 0) is 11.3 Å². The van der Waals surface area contributed by atoms with E-state index in [0.717, 1.165) is 0 Å². The second kappa shape index (κ2) is 4.97. The van der Waals surface area contributed by atoms with Gasteiger partial charge >= 0.3 is 5.97 Å². The van der Waals surface area contributed by atoms with E-state index in [0.29, 0.717) is 22.4 Å². The van der Waals surface area contributed by atoms with E-state index in [1.807, 2.05) is 0 Å². The maximum absolute atomic E-state index is 11.9. The fourth-order valence-electron chi connectivity index (χ4n) is 1.86. The van der Waals surface area contributed by atoms with Crippen LogP contribution < -0.4 is 19.6 Å². The van der Waals surface area contributed by atoms with Crippen LogP contribution in [0.5, 0.6) is 11.5 Å². The van der Waals surface area contributed by atoms with Crippen molar-refractivity contribution in [3.63, 3.8) is 0 Å². The van der Waals surface area contributed by atoms with Gasteiger partial charge in [0.25, 0.3) is 12.0 Å². The molecular weight excluding hydrogens is 252 g/mol. The van der Waals surface area contributed by atoms with Gasteiger partial charge in [0.05, 0.1) is 19.6 Å². The molecule has 0 atom stereocenters. The van der Waals surface area contributed by atoms with Gasteiger partial charge in [-0.15, -0.1) is 4.68 Å². The van der Waals surface area contributed by atoms with Crippen molar-refractivity contribution in [2.24, 2.45) is 0 Å². The standard InChI is InChI=1S/C12H12N2O5/c1-18-9-4-3-7-8(15)5-14(6-10(16)17)13-11(7)12(9)19-2/h3-5H,6H2,1-2H3,(H-,13,15,16,17)/p+1. The van der Waals surface area contributed by atoms with Gasteiger partial charge in [0.2, 0.25) is 6.20 Å². The molecule has 0 aliphatic heterocycles. The molecule has 0 saturated carbocycles. The highest BCUT2D eigenvalue weighted by molar-refractivity contribution is 5.86. The number of carboxylic acid groups (broad SMARTS) is 1. The summed E-state index contributed by atoms with van der Waals surface area (Å²) in [6.07, 6.45) is 1.20. The van der Waals surface area contributed by atoms with Gasteiger partial charge < -0.3 is 14.6 Å². The molecule has 0 aliphatic rings. The molecule has 2 N–H and O–H groups in total. The maximum atomic E-state index is 11.9. The lowest BCUT2D eigenvalue weighted by Gasteiger charge is -2.09. The highest BCUT2D eigenvalue weighted by Gasteiger charge is 2.17. The van der Waals surface area contributed by atoms with Crippen LogP contribution in [0.15, 0.2) is 23.1 Å². The van der Waals surface area contributed by atoms with E-state index in [-0.39, 0.29) is 12.0 Å². The van der Waals surface area contributed by atoms with E-state index in [2.05, 4.69) is 5.10 Å². The predicted octanol–water partition coefficient (Wildman–Crippen LogP) is -0.0826. The molecule has 2 aromatic rings. The minimum atomic E-state index is -1.05. The number of aromatic nitrogens is 2. The summed E-state index contributed by atoms with van der Waals surface area (Å²) in [5.74, 6) is -0.238. The minimum absolute atomic E-state index is 0.295. The zero-order valence-corrected chi connectivity index (χ0v) is 10.5. The third-order valence-corrected chi connectivity index (χ3v) is 2.65. The lowest BCUT2D eigenvalue weighted by Crippen LogP contribution is -2.44. The zero-order valence-electron chi connectivity index (χ0n) is 10.5. The van der Waals surface area contributed by atoms with Crippen LogP contribution in [-0.4, -0.2) is 30.4 Å². The predicted molar refractivity (Wildman–Crippen MR) is 65.5 cm³/mol. The Morgan fingerprint density at radius 3 is 2.68 bits per heavy atom. The van der Waals surface area contributed by atoms with Crippen LogP contribution in [0, 0.1) is 0 Å². The van der Waals surface area contributed by atoms with Gasteiger partial charge in [-0.05, 0) is 12.1 Å². The number of ether oxygens (including phenoxy) is 2. The first kappa shape index (κ1) is 12.9. The van der Waals surface area contributed by atoms with E-state index in [1.165, 1.54) is 25.1 Å². The maximum Gasteiger partial charge on any atom is 0.372 e. The van der Waals surface area contributed by atoms with Gasteiger partial charge in [0, 0.05) is 0 Å². The fourth-order valence-corrected chi connectivity index (χ4v) is 1.86. The summed E-state index contributed by atoms with van der Waals surface area (Å²) in [6.45, 7) is -0.342. The summed E-state index contributed by atoms with van der Waals surface area (Å²) in [6, 6.07) is 3.22. The molecule has 1 aromatic heterocycles. The molecule has 7 heteroatoms. The zero-order chi connectivity index (χ0) is 14.0. The lowest BCUT2D eigenvalue weighted by atomic mass is 10.2. The molecule has 1 heterocycles. The SMILES string of the molecule is COc1ccc2c(=O)c[n+](CC(=O)O)[nH]c2c1OC. The first-order valence-corrected chi connectivity index (χ1v) is 5.46. The number of benzene rings is 1. The fraction of sp³-hybridized carbons (Fsp3) is 0.250. The van der Waals surface area contributed by atoms with Crippen molar-refractivity contribution in [2.45, 2.75) is 6.54 Å². The van der Waals surface area contributed by atoms with E-state index in [1.54, 1.807) is 12.1 Å². The second-order valence-electron chi connectivity index (χ2n) is 3.85. The summed E-state index contributed by atoms with van der Waals surface area (Å²) in [5, 5.41) is 12.0. The normalized spacial score (nSPS) is 10.4. The Morgan fingerprint density at radius 1 is 1.37 bits per heavy atom. The number of carbonyl (C=O) groups is 1. The number of fused-ring (bicyclic) bond motifs is 1. The smallest absolute Gasteiger partial charge is 0.372 e. The Balaban J connectivity index is 2.75. The average Bonchev–Trinajstić information content (AvgIpc) is 2.36. The summed E-state index contributed by atoms with van der Waals surface area (Å²) in [5.41, 5.74) is 0.103. The topological polar surface area (TPSA) is 92.5 Å². The lowest BCUT2D eigenvalue weighted by molar-refractivity contribution is -0.741. The molecule has 100 valence electrons. The van der Waals surface area contributed by atoms with Crippen molar-refractivity contribution in [2.75, 3.05) is 14.2 Å². The van der Waals surface area contributed by atoms with Crippen LogP contribution in [0.2, 0.25) is 0 Å². The molecule has 0 bridgehead atoms. The van der Waals surface area contributed by atoms with Crippen LogP contribution >= 0.6 is 0 Å².